The van der Waals surface area contributed by atoms with Crippen molar-refractivity contribution in [3.05, 3.63) is 52.8 Å². The van der Waals surface area contributed by atoms with Crippen LogP contribution < -0.4 is 0 Å². The number of nitrogens with zero attached hydrogens (tertiary/aromatic N) is 3. The largest absolute Gasteiger partial charge is 0.478 e. The van der Waals surface area contributed by atoms with Crippen LogP contribution in [-0.4, -0.2) is 25.8 Å². The minimum absolute atomic E-state index is 0.290. The third-order valence-electron chi connectivity index (χ3n) is 3.57. The molecule has 1 N–H and O–H groups in total. The lowest BCUT2D eigenvalue weighted by Crippen LogP contribution is -2.19. The molecule has 0 atom stereocenters. The maximum atomic E-state index is 11.2. The van der Waals surface area contributed by atoms with Gasteiger partial charge in [-0.3, -0.25) is 9.58 Å². The number of fused-ring (bicyclic) bond motifs is 1. The lowest BCUT2D eigenvalue weighted by atomic mass is 10.1. The zero-order chi connectivity index (χ0) is 13.4. The molecule has 0 spiro atoms. The second-order valence-corrected chi connectivity index (χ2v) is 4.85. The Hall–Kier alpha value is -2.14. The molecular formula is C14H15N3O2. The van der Waals surface area contributed by atoms with Gasteiger partial charge in [0.1, 0.15) is 5.56 Å². The molecule has 3 rings (SSSR count). The maximum absolute atomic E-state index is 11.2. The van der Waals surface area contributed by atoms with E-state index >= 15 is 0 Å². The third-order valence-corrected chi connectivity index (χ3v) is 3.57. The van der Waals surface area contributed by atoms with Crippen LogP contribution in [0.1, 0.15) is 27.2 Å². The van der Waals surface area contributed by atoms with Crippen LogP contribution in [0.5, 0.6) is 0 Å². The lowest BCUT2D eigenvalue weighted by molar-refractivity contribution is 0.0694. The van der Waals surface area contributed by atoms with Crippen LogP contribution in [0.3, 0.4) is 0 Å². The molecule has 0 fully saturated rings. The molecule has 1 aliphatic rings. The molecule has 5 heteroatoms. The van der Waals surface area contributed by atoms with Gasteiger partial charge < -0.3 is 5.11 Å². The Kier molecular flexibility index (Phi) is 2.83. The van der Waals surface area contributed by atoms with Gasteiger partial charge in [0.2, 0.25) is 0 Å². The van der Waals surface area contributed by atoms with E-state index in [4.69, 9.17) is 5.11 Å². The third kappa shape index (κ3) is 2.13. The van der Waals surface area contributed by atoms with Crippen molar-refractivity contribution in [3.63, 3.8) is 0 Å². The number of hydrogen-bond donors (Lipinski definition) is 1. The van der Waals surface area contributed by atoms with Crippen LogP contribution in [0, 0.1) is 0 Å². The van der Waals surface area contributed by atoms with Gasteiger partial charge >= 0.3 is 5.97 Å². The van der Waals surface area contributed by atoms with E-state index in [1.807, 2.05) is 12.1 Å². The summed E-state index contributed by atoms with van der Waals surface area (Å²) in [5.41, 5.74) is 3.68. The number of carbonyl (C=O) groups is 1. The smallest absolute Gasteiger partial charge is 0.339 e. The first-order valence-electron chi connectivity index (χ1n) is 6.18. The Morgan fingerprint density at radius 2 is 1.95 bits per heavy atom. The highest BCUT2D eigenvalue weighted by Gasteiger charge is 2.22. The Morgan fingerprint density at radius 3 is 2.53 bits per heavy atom. The molecule has 0 aliphatic carbocycles. The Labute approximate surface area is 111 Å². The van der Waals surface area contributed by atoms with Crippen LogP contribution in [0.4, 0.5) is 0 Å². The van der Waals surface area contributed by atoms with Crippen molar-refractivity contribution in [1.82, 2.24) is 14.7 Å². The van der Waals surface area contributed by atoms with E-state index in [0.29, 0.717) is 12.1 Å². The molecule has 1 aliphatic heterocycles. The fraction of sp³-hybridized carbons (Fsp3) is 0.286. The molecule has 5 nitrogen and oxygen atoms in total. The lowest BCUT2D eigenvalue weighted by Gasteiger charge is -2.15. The summed E-state index contributed by atoms with van der Waals surface area (Å²) < 4.78 is 1.65. The minimum Gasteiger partial charge on any atom is -0.478 e. The SMILES string of the molecule is Cn1ncc(C(=O)O)c1CN1Cc2ccccc2C1. The molecule has 1 aromatic heterocycles. The maximum Gasteiger partial charge on any atom is 0.339 e. The van der Waals surface area contributed by atoms with Crippen molar-refractivity contribution < 1.29 is 9.90 Å². The fourth-order valence-electron chi connectivity index (χ4n) is 2.56. The number of benzene rings is 1. The first-order valence-corrected chi connectivity index (χ1v) is 6.18. The van der Waals surface area contributed by atoms with Crippen molar-refractivity contribution in [1.29, 1.82) is 0 Å². The van der Waals surface area contributed by atoms with E-state index in [1.165, 1.54) is 17.3 Å². The highest BCUT2D eigenvalue weighted by molar-refractivity contribution is 5.88. The van der Waals surface area contributed by atoms with E-state index in [1.54, 1.807) is 11.7 Å². The molecule has 98 valence electrons. The van der Waals surface area contributed by atoms with Gasteiger partial charge in [-0.05, 0) is 11.1 Å². The molecule has 0 bridgehead atoms. The molecule has 2 heterocycles. The second-order valence-electron chi connectivity index (χ2n) is 4.85. The van der Waals surface area contributed by atoms with Gasteiger partial charge in [-0.25, -0.2) is 4.79 Å². The van der Waals surface area contributed by atoms with Crippen LogP contribution in [-0.2, 0) is 26.7 Å². The molecule has 1 aromatic carbocycles. The average Bonchev–Trinajstić information content (AvgIpc) is 2.94. The topological polar surface area (TPSA) is 58.4 Å². The molecular weight excluding hydrogens is 242 g/mol. The zero-order valence-corrected chi connectivity index (χ0v) is 10.7. The minimum atomic E-state index is -0.917. The molecule has 0 unspecified atom stereocenters. The Balaban J connectivity index is 1.81. The van der Waals surface area contributed by atoms with Gasteiger partial charge in [-0.2, -0.15) is 5.10 Å². The van der Waals surface area contributed by atoms with Crippen molar-refractivity contribution in [2.75, 3.05) is 0 Å². The highest BCUT2D eigenvalue weighted by Crippen LogP contribution is 2.24. The van der Waals surface area contributed by atoms with Crippen LogP contribution in [0.15, 0.2) is 30.5 Å². The molecule has 0 amide bonds. The summed E-state index contributed by atoms with van der Waals surface area (Å²) in [6.07, 6.45) is 1.42. The van der Waals surface area contributed by atoms with E-state index < -0.39 is 5.97 Å². The van der Waals surface area contributed by atoms with Crippen molar-refractivity contribution in [2.45, 2.75) is 19.6 Å². The van der Waals surface area contributed by atoms with Crippen LogP contribution in [0.25, 0.3) is 0 Å². The van der Waals surface area contributed by atoms with Gasteiger partial charge in [-0.1, -0.05) is 24.3 Å². The molecule has 2 aromatic rings. The normalized spacial score (nSPS) is 14.6. The van der Waals surface area contributed by atoms with E-state index in [2.05, 4.69) is 22.1 Å². The average molecular weight is 257 g/mol. The van der Waals surface area contributed by atoms with Gasteiger partial charge in [0, 0.05) is 26.7 Å². The number of carboxylic acids is 1. The van der Waals surface area contributed by atoms with Crippen LogP contribution >= 0.6 is 0 Å². The number of hydrogen-bond acceptors (Lipinski definition) is 3. The van der Waals surface area contributed by atoms with Gasteiger partial charge in [0.05, 0.1) is 11.9 Å². The molecule has 19 heavy (non-hydrogen) atoms. The molecule has 0 radical (unpaired) electrons. The first kappa shape index (κ1) is 11.9. The summed E-state index contributed by atoms with van der Waals surface area (Å²) in [6.45, 7) is 2.33. The van der Waals surface area contributed by atoms with Crippen molar-refractivity contribution in [3.8, 4) is 0 Å². The summed E-state index contributed by atoms with van der Waals surface area (Å²) in [6, 6.07) is 8.32. The number of aryl methyl sites for hydroxylation is 1. The number of rotatable bonds is 3. The quantitative estimate of drug-likeness (QED) is 0.908. The monoisotopic (exact) mass is 257 g/mol. The zero-order valence-electron chi connectivity index (χ0n) is 10.7. The van der Waals surface area contributed by atoms with Gasteiger partial charge in [0.25, 0.3) is 0 Å². The Morgan fingerprint density at radius 1 is 1.32 bits per heavy atom. The van der Waals surface area contributed by atoms with Crippen molar-refractivity contribution in [2.24, 2.45) is 7.05 Å². The molecule has 0 saturated carbocycles. The fourth-order valence-corrected chi connectivity index (χ4v) is 2.56. The van der Waals surface area contributed by atoms with Crippen LogP contribution in [0.2, 0.25) is 0 Å². The summed E-state index contributed by atoms with van der Waals surface area (Å²) >= 11 is 0. The van der Waals surface area contributed by atoms with Gasteiger partial charge in [-0.15, -0.1) is 0 Å². The predicted octanol–water partition coefficient (Wildman–Crippen LogP) is 1.63. The number of aromatic nitrogens is 2. The first-order chi connectivity index (χ1) is 9.15. The number of aromatic carboxylic acids is 1. The molecule has 0 saturated heterocycles. The van der Waals surface area contributed by atoms with E-state index in [9.17, 15) is 4.79 Å². The highest BCUT2D eigenvalue weighted by atomic mass is 16.4. The van der Waals surface area contributed by atoms with E-state index in [0.717, 1.165) is 18.8 Å². The standard InChI is InChI=1S/C14H15N3O2/c1-16-13(12(6-15-16)14(18)19)9-17-7-10-4-2-3-5-11(10)8-17/h2-6H,7-9H2,1H3,(H,18,19). The number of carboxylic acid groups (broad SMARTS) is 1. The summed E-state index contributed by atoms with van der Waals surface area (Å²) in [5, 5.41) is 13.2. The summed E-state index contributed by atoms with van der Waals surface area (Å²) in [7, 11) is 1.78. The van der Waals surface area contributed by atoms with Gasteiger partial charge in [0.15, 0.2) is 0 Å². The summed E-state index contributed by atoms with van der Waals surface area (Å²) in [5.74, 6) is -0.917. The Bertz CT molecular complexity index is 608. The second kappa shape index (κ2) is 4.51. The predicted molar refractivity (Wildman–Crippen MR) is 69.6 cm³/mol. The summed E-state index contributed by atoms with van der Waals surface area (Å²) in [4.78, 5) is 13.4. The van der Waals surface area contributed by atoms with Crippen molar-refractivity contribution >= 4 is 5.97 Å². The van der Waals surface area contributed by atoms with E-state index in [-0.39, 0.29) is 0 Å².